The zero-order valence-corrected chi connectivity index (χ0v) is 15.3. The van der Waals surface area contributed by atoms with Gasteiger partial charge in [-0.05, 0) is 37.9 Å². The van der Waals surface area contributed by atoms with E-state index in [0.29, 0.717) is 16.6 Å². The van der Waals surface area contributed by atoms with Crippen molar-refractivity contribution in [3.05, 3.63) is 36.2 Å². The lowest BCUT2D eigenvalue weighted by molar-refractivity contribution is 0.0709. The second kappa shape index (κ2) is 7.15. The number of carbonyl (C=O) groups excluding carboxylic acids is 1. The molecule has 2 aliphatic rings. The quantitative estimate of drug-likeness (QED) is 0.608. The number of thioether (sulfide) groups is 1. The van der Waals surface area contributed by atoms with Gasteiger partial charge in [-0.2, -0.15) is 0 Å². The second-order valence-electron chi connectivity index (χ2n) is 6.91. The lowest BCUT2D eigenvalue weighted by Crippen LogP contribution is -2.38. The van der Waals surface area contributed by atoms with Crippen LogP contribution >= 0.6 is 11.8 Å². The van der Waals surface area contributed by atoms with Gasteiger partial charge in [0.15, 0.2) is 5.16 Å². The summed E-state index contributed by atoms with van der Waals surface area (Å²) in [6, 6.07) is 0. The number of hydrogen-bond acceptors (Lipinski definition) is 5. The van der Waals surface area contributed by atoms with Gasteiger partial charge in [0.05, 0.1) is 5.56 Å². The van der Waals surface area contributed by atoms with E-state index < -0.39 is 0 Å². The highest BCUT2D eigenvalue weighted by molar-refractivity contribution is 7.98. The van der Waals surface area contributed by atoms with E-state index in [-0.39, 0.29) is 5.91 Å². The molecule has 0 aromatic carbocycles. The topological polar surface area (TPSA) is 63.9 Å². The molecule has 1 saturated heterocycles. The van der Waals surface area contributed by atoms with Crippen molar-refractivity contribution >= 4 is 17.7 Å². The monoisotopic (exact) mass is 357 g/mol. The molecule has 1 aliphatic carbocycles. The zero-order chi connectivity index (χ0) is 17.2. The molecule has 7 heteroatoms. The van der Waals surface area contributed by atoms with Crippen LogP contribution in [0.4, 0.5) is 0 Å². The Kier molecular flexibility index (Phi) is 4.74. The Labute approximate surface area is 152 Å². The molecule has 1 aliphatic heterocycles. The molecule has 25 heavy (non-hydrogen) atoms. The normalized spacial score (nSPS) is 18.5. The van der Waals surface area contributed by atoms with Crippen molar-refractivity contribution < 1.29 is 4.79 Å². The van der Waals surface area contributed by atoms with E-state index in [1.165, 1.54) is 30.4 Å². The molecule has 0 bridgehead atoms. The number of piperidine rings is 1. The predicted molar refractivity (Wildman–Crippen MR) is 96.6 cm³/mol. The smallest absolute Gasteiger partial charge is 0.256 e. The molecule has 0 atom stereocenters. The molecule has 2 aromatic heterocycles. The van der Waals surface area contributed by atoms with Crippen LogP contribution in [-0.2, 0) is 6.54 Å². The zero-order valence-electron chi connectivity index (χ0n) is 14.5. The first-order valence-electron chi connectivity index (χ1n) is 8.91. The summed E-state index contributed by atoms with van der Waals surface area (Å²) in [5.41, 5.74) is 0.575. The highest BCUT2D eigenvalue weighted by Crippen LogP contribution is 2.33. The molecule has 0 N–H and O–H groups in total. The van der Waals surface area contributed by atoms with Gasteiger partial charge in [-0.3, -0.25) is 4.79 Å². The maximum absolute atomic E-state index is 12.6. The van der Waals surface area contributed by atoms with Crippen LogP contribution in [0.2, 0.25) is 0 Å². The molecule has 0 radical (unpaired) electrons. The van der Waals surface area contributed by atoms with Gasteiger partial charge in [0.25, 0.3) is 5.91 Å². The number of carbonyl (C=O) groups is 1. The molecule has 0 unspecified atom stereocenters. The molecule has 2 fully saturated rings. The van der Waals surface area contributed by atoms with Crippen LogP contribution < -0.4 is 0 Å². The Balaban J connectivity index is 1.37. The minimum atomic E-state index is 0.0347. The van der Waals surface area contributed by atoms with Crippen LogP contribution in [0.5, 0.6) is 0 Å². The fourth-order valence-corrected chi connectivity index (χ4v) is 3.79. The summed E-state index contributed by atoms with van der Waals surface area (Å²) in [5.74, 6) is 2.53. The second-order valence-corrected chi connectivity index (χ2v) is 7.68. The van der Waals surface area contributed by atoms with Crippen molar-refractivity contribution in [1.82, 2.24) is 24.4 Å². The predicted octanol–water partition coefficient (Wildman–Crippen LogP) is 2.82. The summed E-state index contributed by atoms with van der Waals surface area (Å²) in [5, 5.41) is 0.692. The fraction of sp³-hybridized carbons (Fsp3) is 0.556. The largest absolute Gasteiger partial charge is 0.339 e. The standard InChI is InChI=1S/C18H23N5OS/c1-25-18-20-10-15(11-21-18)17(24)22-7-4-14(5-8-22)16-19-6-9-23(16)12-13-2-3-13/h6,9-11,13-14H,2-5,7-8,12H2,1H3. The Morgan fingerprint density at radius 2 is 1.88 bits per heavy atom. The van der Waals surface area contributed by atoms with Crippen LogP contribution in [0, 0.1) is 5.92 Å². The first-order valence-corrected chi connectivity index (χ1v) is 10.1. The number of nitrogens with zero attached hydrogens (tertiary/aromatic N) is 5. The minimum absolute atomic E-state index is 0.0347. The first-order chi connectivity index (χ1) is 12.2. The number of hydrogen-bond donors (Lipinski definition) is 0. The molecular weight excluding hydrogens is 334 g/mol. The molecular formula is C18H23N5OS. The number of aromatic nitrogens is 4. The summed E-state index contributed by atoms with van der Waals surface area (Å²) in [4.78, 5) is 27.6. The van der Waals surface area contributed by atoms with E-state index in [1.807, 2.05) is 17.4 Å². The average Bonchev–Trinajstić information content (AvgIpc) is 3.36. The first kappa shape index (κ1) is 16.6. The van der Waals surface area contributed by atoms with Gasteiger partial charge < -0.3 is 9.47 Å². The summed E-state index contributed by atoms with van der Waals surface area (Å²) >= 11 is 1.48. The number of imidazole rings is 1. The van der Waals surface area contributed by atoms with E-state index in [0.717, 1.165) is 38.4 Å². The molecule has 4 rings (SSSR count). The Morgan fingerprint density at radius 3 is 2.52 bits per heavy atom. The maximum Gasteiger partial charge on any atom is 0.256 e. The molecule has 6 nitrogen and oxygen atoms in total. The van der Waals surface area contributed by atoms with Gasteiger partial charge in [-0.1, -0.05) is 11.8 Å². The molecule has 132 valence electrons. The number of likely N-dealkylation sites (tertiary alicyclic amines) is 1. The third-order valence-electron chi connectivity index (χ3n) is 5.10. The van der Waals surface area contributed by atoms with Gasteiger partial charge >= 0.3 is 0 Å². The molecule has 2 aromatic rings. The summed E-state index contributed by atoms with van der Waals surface area (Å²) < 4.78 is 2.33. The summed E-state index contributed by atoms with van der Waals surface area (Å²) in [6.07, 6.45) is 13.9. The van der Waals surface area contributed by atoms with Crippen LogP contribution in [0.1, 0.15) is 47.8 Å². The van der Waals surface area contributed by atoms with Crippen LogP contribution in [0.15, 0.2) is 29.9 Å². The fourth-order valence-electron chi connectivity index (χ4n) is 3.47. The maximum atomic E-state index is 12.6. The van der Waals surface area contributed by atoms with Crippen molar-refractivity contribution in [2.75, 3.05) is 19.3 Å². The third kappa shape index (κ3) is 3.71. The van der Waals surface area contributed by atoms with Gasteiger partial charge in [0.1, 0.15) is 5.82 Å². The van der Waals surface area contributed by atoms with Gasteiger partial charge in [-0.25, -0.2) is 15.0 Å². The van der Waals surface area contributed by atoms with Crippen molar-refractivity contribution in [2.24, 2.45) is 5.92 Å². The lowest BCUT2D eigenvalue weighted by Gasteiger charge is -2.32. The Morgan fingerprint density at radius 1 is 1.16 bits per heavy atom. The summed E-state index contributed by atoms with van der Waals surface area (Å²) in [7, 11) is 0. The SMILES string of the molecule is CSc1ncc(C(=O)N2CCC(c3nccn3CC3CC3)CC2)cn1. The highest BCUT2D eigenvalue weighted by atomic mass is 32.2. The molecule has 3 heterocycles. The van der Waals surface area contributed by atoms with E-state index in [1.54, 1.807) is 12.4 Å². The number of amides is 1. The minimum Gasteiger partial charge on any atom is -0.339 e. The van der Waals surface area contributed by atoms with E-state index in [4.69, 9.17) is 0 Å². The summed E-state index contributed by atoms with van der Waals surface area (Å²) in [6.45, 7) is 2.64. The van der Waals surface area contributed by atoms with Crippen LogP contribution in [0.25, 0.3) is 0 Å². The third-order valence-corrected chi connectivity index (χ3v) is 5.68. The Hall–Kier alpha value is -1.89. The average molecular weight is 357 g/mol. The van der Waals surface area contributed by atoms with E-state index in [2.05, 4.69) is 25.7 Å². The van der Waals surface area contributed by atoms with Gasteiger partial charge in [0.2, 0.25) is 0 Å². The Bertz CT molecular complexity index is 732. The lowest BCUT2D eigenvalue weighted by atomic mass is 9.95. The van der Waals surface area contributed by atoms with Crippen molar-refractivity contribution in [3.8, 4) is 0 Å². The van der Waals surface area contributed by atoms with E-state index in [9.17, 15) is 4.79 Å². The van der Waals surface area contributed by atoms with Crippen LogP contribution in [-0.4, -0.2) is 49.7 Å². The van der Waals surface area contributed by atoms with Crippen molar-refractivity contribution in [3.63, 3.8) is 0 Å². The van der Waals surface area contributed by atoms with E-state index >= 15 is 0 Å². The van der Waals surface area contributed by atoms with Crippen molar-refractivity contribution in [2.45, 2.75) is 43.3 Å². The number of rotatable bonds is 5. The molecule has 1 saturated carbocycles. The molecule has 0 spiro atoms. The van der Waals surface area contributed by atoms with Crippen molar-refractivity contribution in [1.29, 1.82) is 0 Å². The highest BCUT2D eigenvalue weighted by Gasteiger charge is 2.29. The van der Waals surface area contributed by atoms with Gasteiger partial charge in [0, 0.05) is 50.3 Å². The molecule has 1 amide bonds. The van der Waals surface area contributed by atoms with Gasteiger partial charge in [-0.15, -0.1) is 0 Å². The van der Waals surface area contributed by atoms with Crippen LogP contribution in [0.3, 0.4) is 0 Å².